The number of rotatable bonds is 5. The lowest BCUT2D eigenvalue weighted by Crippen LogP contribution is -2.30. The Kier molecular flexibility index (Phi) is 6.25. The summed E-state index contributed by atoms with van der Waals surface area (Å²) >= 11 is 3.02. The SMILES string of the molecule is CCCN1C(=O)/C(=C2/Sc3ccccc3N2C)SC1=Nc1cc(C#N)ccc1NCC. The van der Waals surface area contributed by atoms with Gasteiger partial charge in [-0.15, -0.1) is 0 Å². The molecule has 1 amide bonds. The largest absolute Gasteiger partial charge is 0.384 e. The normalized spacial score (nSPS) is 19.2. The zero-order valence-corrected chi connectivity index (χ0v) is 19.3. The van der Waals surface area contributed by atoms with Crippen LogP contribution in [0.4, 0.5) is 17.1 Å². The first-order valence-electron chi connectivity index (χ1n) is 10.2. The summed E-state index contributed by atoms with van der Waals surface area (Å²) in [6.07, 6.45) is 0.829. The maximum atomic E-state index is 13.4. The Morgan fingerprint density at radius 1 is 1.16 bits per heavy atom. The van der Waals surface area contributed by atoms with Crippen LogP contribution < -0.4 is 10.2 Å². The number of carbonyl (C=O) groups excluding carboxylic acids is 1. The molecule has 0 bridgehead atoms. The Morgan fingerprint density at radius 3 is 2.68 bits per heavy atom. The summed E-state index contributed by atoms with van der Waals surface area (Å²) < 4.78 is 0. The predicted octanol–water partition coefficient (Wildman–Crippen LogP) is 5.37. The van der Waals surface area contributed by atoms with Crippen molar-refractivity contribution in [3.8, 4) is 6.07 Å². The van der Waals surface area contributed by atoms with Crippen molar-refractivity contribution in [1.29, 1.82) is 5.26 Å². The fourth-order valence-electron chi connectivity index (χ4n) is 3.48. The number of nitrogens with one attached hydrogen (secondary N) is 1. The first-order chi connectivity index (χ1) is 15.1. The van der Waals surface area contributed by atoms with Crippen LogP contribution in [0.15, 0.2) is 62.3 Å². The molecular weight excluding hydrogens is 426 g/mol. The van der Waals surface area contributed by atoms with E-state index in [9.17, 15) is 10.1 Å². The van der Waals surface area contributed by atoms with E-state index in [0.717, 1.165) is 34.3 Å². The molecule has 0 radical (unpaired) electrons. The van der Waals surface area contributed by atoms with Gasteiger partial charge in [0.2, 0.25) is 0 Å². The highest BCUT2D eigenvalue weighted by Crippen LogP contribution is 2.50. The quantitative estimate of drug-likeness (QED) is 0.619. The average molecular weight is 450 g/mol. The third-order valence-corrected chi connectivity index (χ3v) is 7.39. The van der Waals surface area contributed by atoms with Crippen LogP contribution in [0.1, 0.15) is 25.8 Å². The number of anilines is 2. The van der Waals surface area contributed by atoms with Crippen molar-refractivity contribution in [2.75, 3.05) is 30.4 Å². The van der Waals surface area contributed by atoms with Crippen molar-refractivity contribution >= 4 is 51.7 Å². The number of thioether (sulfide) groups is 2. The molecule has 2 aliphatic rings. The molecule has 0 saturated carbocycles. The fourth-order valence-corrected chi connectivity index (χ4v) is 5.84. The number of amidine groups is 1. The molecule has 2 heterocycles. The molecule has 0 atom stereocenters. The number of benzene rings is 2. The van der Waals surface area contributed by atoms with E-state index in [-0.39, 0.29) is 5.91 Å². The monoisotopic (exact) mass is 449 g/mol. The Labute approximate surface area is 191 Å². The van der Waals surface area contributed by atoms with Crippen molar-refractivity contribution in [1.82, 2.24) is 4.90 Å². The third kappa shape index (κ3) is 4.03. The van der Waals surface area contributed by atoms with Gasteiger partial charge in [-0.05, 0) is 55.4 Å². The molecular formula is C23H23N5OS2. The van der Waals surface area contributed by atoms with Crippen LogP contribution in [0.5, 0.6) is 0 Å². The maximum Gasteiger partial charge on any atom is 0.269 e. The summed E-state index contributed by atoms with van der Waals surface area (Å²) in [5.74, 6) is -0.0193. The van der Waals surface area contributed by atoms with Crippen molar-refractivity contribution < 1.29 is 4.79 Å². The number of nitriles is 1. The molecule has 2 aromatic rings. The number of para-hydroxylation sites is 1. The molecule has 1 saturated heterocycles. The van der Waals surface area contributed by atoms with E-state index in [4.69, 9.17) is 4.99 Å². The molecule has 0 unspecified atom stereocenters. The molecule has 0 aromatic heterocycles. The summed E-state index contributed by atoms with van der Waals surface area (Å²) in [5.41, 5.74) is 3.16. The van der Waals surface area contributed by atoms with Gasteiger partial charge < -0.3 is 10.2 Å². The highest BCUT2D eigenvalue weighted by molar-refractivity contribution is 8.19. The number of nitrogens with zero attached hydrogens (tertiary/aromatic N) is 4. The van der Waals surface area contributed by atoms with Gasteiger partial charge in [0.15, 0.2) is 5.17 Å². The minimum Gasteiger partial charge on any atom is -0.384 e. The maximum absolute atomic E-state index is 13.4. The zero-order valence-electron chi connectivity index (χ0n) is 17.7. The summed E-state index contributed by atoms with van der Waals surface area (Å²) in [4.78, 5) is 23.9. The number of fused-ring (bicyclic) bond motifs is 1. The topological polar surface area (TPSA) is 71.7 Å². The smallest absolute Gasteiger partial charge is 0.269 e. The van der Waals surface area contributed by atoms with Crippen LogP contribution in [-0.2, 0) is 4.79 Å². The van der Waals surface area contributed by atoms with Crippen LogP contribution in [0.3, 0.4) is 0 Å². The van der Waals surface area contributed by atoms with Gasteiger partial charge in [0.1, 0.15) is 4.91 Å². The van der Waals surface area contributed by atoms with Crippen LogP contribution in [0, 0.1) is 11.3 Å². The van der Waals surface area contributed by atoms with Crippen molar-refractivity contribution in [2.24, 2.45) is 4.99 Å². The number of aliphatic imine (C=N–C) groups is 1. The standard InChI is InChI=1S/C23H23N5OS2/c1-4-12-28-21(29)20(22-27(3)18-8-6-7-9-19(18)30-22)31-23(28)26-17-13-15(14-24)10-11-16(17)25-5-2/h6-11,13,25H,4-5,12H2,1-3H3/b22-20-,26-23?. The van der Waals surface area contributed by atoms with Crippen LogP contribution in [0.2, 0.25) is 0 Å². The predicted molar refractivity (Wildman–Crippen MR) is 130 cm³/mol. The van der Waals surface area contributed by atoms with Crippen molar-refractivity contribution in [2.45, 2.75) is 25.2 Å². The highest BCUT2D eigenvalue weighted by atomic mass is 32.2. The Morgan fingerprint density at radius 2 is 1.97 bits per heavy atom. The molecule has 1 N–H and O–H groups in total. The zero-order chi connectivity index (χ0) is 22.0. The minimum atomic E-state index is -0.0193. The summed E-state index contributed by atoms with van der Waals surface area (Å²) in [5, 5.41) is 14.2. The Hall–Kier alpha value is -2.89. The fraction of sp³-hybridized carbons (Fsp3) is 0.261. The van der Waals surface area contributed by atoms with Gasteiger partial charge in [0.05, 0.1) is 33.7 Å². The van der Waals surface area contributed by atoms with E-state index in [1.54, 1.807) is 28.8 Å². The van der Waals surface area contributed by atoms with Gasteiger partial charge in [-0.25, -0.2) is 4.99 Å². The third-order valence-electron chi connectivity index (χ3n) is 4.95. The second-order valence-corrected chi connectivity index (χ2v) is 9.10. The van der Waals surface area contributed by atoms with Crippen molar-refractivity contribution in [3.63, 3.8) is 0 Å². The molecule has 2 aromatic carbocycles. The molecule has 0 spiro atoms. The number of hydrogen-bond donors (Lipinski definition) is 1. The van der Waals surface area contributed by atoms with Crippen molar-refractivity contribution in [3.05, 3.63) is 58.0 Å². The lowest BCUT2D eigenvalue weighted by molar-refractivity contribution is -0.122. The molecule has 31 heavy (non-hydrogen) atoms. The van der Waals surface area contributed by atoms with Crippen LogP contribution >= 0.6 is 23.5 Å². The molecule has 0 aliphatic carbocycles. The summed E-state index contributed by atoms with van der Waals surface area (Å²) in [6, 6.07) is 15.7. The van der Waals surface area contributed by atoms with Gasteiger partial charge in [-0.2, -0.15) is 5.26 Å². The van der Waals surface area contributed by atoms with E-state index < -0.39 is 0 Å². The second-order valence-electron chi connectivity index (χ2n) is 7.09. The van der Waals surface area contributed by atoms with Crippen LogP contribution in [-0.4, -0.2) is 36.1 Å². The van der Waals surface area contributed by atoms with Gasteiger partial charge in [0, 0.05) is 25.0 Å². The van der Waals surface area contributed by atoms with Crippen LogP contribution in [0.25, 0.3) is 0 Å². The lowest BCUT2D eigenvalue weighted by Gasteiger charge is -2.16. The van der Waals surface area contributed by atoms with E-state index in [1.807, 2.05) is 39.1 Å². The second kappa shape index (κ2) is 9.08. The lowest BCUT2D eigenvalue weighted by atomic mass is 10.2. The van der Waals surface area contributed by atoms with Gasteiger partial charge in [-0.1, -0.05) is 30.8 Å². The first kappa shape index (κ1) is 21.3. The number of hydrogen-bond acceptors (Lipinski definition) is 7. The Bertz CT molecular complexity index is 1140. The number of amides is 1. The molecule has 2 aliphatic heterocycles. The van der Waals surface area contributed by atoms with Gasteiger partial charge in [0.25, 0.3) is 5.91 Å². The molecule has 8 heteroatoms. The first-order valence-corrected chi connectivity index (χ1v) is 11.8. The van der Waals surface area contributed by atoms with E-state index in [2.05, 4.69) is 28.4 Å². The van der Waals surface area contributed by atoms with E-state index >= 15 is 0 Å². The minimum absolute atomic E-state index is 0.0193. The average Bonchev–Trinajstić information content (AvgIpc) is 3.27. The molecule has 4 rings (SSSR count). The molecule has 1 fully saturated rings. The highest BCUT2D eigenvalue weighted by Gasteiger charge is 2.38. The van der Waals surface area contributed by atoms with E-state index in [1.165, 1.54) is 11.8 Å². The van der Waals surface area contributed by atoms with E-state index in [0.29, 0.717) is 27.9 Å². The Balaban J connectivity index is 1.76. The van der Waals surface area contributed by atoms with Gasteiger partial charge >= 0.3 is 0 Å². The number of carbonyl (C=O) groups is 1. The summed E-state index contributed by atoms with van der Waals surface area (Å²) in [6.45, 7) is 5.40. The molecule has 158 valence electrons. The van der Waals surface area contributed by atoms with Gasteiger partial charge in [-0.3, -0.25) is 9.69 Å². The molecule has 6 nitrogen and oxygen atoms in total. The summed E-state index contributed by atoms with van der Waals surface area (Å²) in [7, 11) is 1.99.